The predicted octanol–water partition coefficient (Wildman–Crippen LogP) is 4.25. The molecular formula is C18H20O3P+. The van der Waals surface area contributed by atoms with Crippen molar-refractivity contribution in [2.24, 2.45) is 0 Å². The summed E-state index contributed by atoms with van der Waals surface area (Å²) >= 11 is 0. The monoisotopic (exact) mass is 315 g/mol. The molecule has 3 nitrogen and oxygen atoms in total. The molecule has 0 radical (unpaired) electrons. The molecule has 0 aliphatic rings. The summed E-state index contributed by atoms with van der Waals surface area (Å²) in [4.78, 5) is 12.7. The molecule has 0 fully saturated rings. The van der Waals surface area contributed by atoms with E-state index in [0.717, 1.165) is 22.3 Å². The van der Waals surface area contributed by atoms with E-state index in [2.05, 4.69) is 0 Å². The maximum Gasteiger partial charge on any atom is 0.548 e. The van der Waals surface area contributed by atoms with Crippen molar-refractivity contribution >= 4 is 19.1 Å². The zero-order valence-corrected chi connectivity index (χ0v) is 14.2. The van der Waals surface area contributed by atoms with Crippen molar-refractivity contribution in [1.29, 1.82) is 0 Å². The van der Waals surface area contributed by atoms with Crippen molar-refractivity contribution in [2.75, 3.05) is 6.61 Å². The van der Waals surface area contributed by atoms with Crippen LogP contribution in [-0.4, -0.2) is 12.4 Å². The highest BCUT2D eigenvalue weighted by atomic mass is 31.1. The van der Waals surface area contributed by atoms with Crippen LogP contribution in [0.5, 0.6) is 0 Å². The number of carbonyl (C=O) groups is 1. The molecule has 114 valence electrons. The lowest BCUT2D eigenvalue weighted by molar-refractivity contribution is 0.103. The van der Waals surface area contributed by atoms with Crippen molar-refractivity contribution in [3.05, 3.63) is 64.2 Å². The molecule has 22 heavy (non-hydrogen) atoms. The number of benzene rings is 2. The number of aryl methyl sites for hydroxylation is 3. The largest absolute Gasteiger partial charge is 0.548 e. The lowest BCUT2D eigenvalue weighted by atomic mass is 9.93. The highest BCUT2D eigenvalue weighted by Gasteiger charge is 2.22. The van der Waals surface area contributed by atoms with Crippen LogP contribution < -0.4 is 5.30 Å². The fraction of sp³-hybridized carbons (Fsp3) is 0.278. The number of ketones is 1. The van der Waals surface area contributed by atoms with Gasteiger partial charge in [-0.3, -0.25) is 4.79 Å². The third-order valence-electron chi connectivity index (χ3n) is 3.49. The molecule has 0 N–H and O–H groups in total. The van der Waals surface area contributed by atoms with Gasteiger partial charge in [-0.2, -0.15) is 0 Å². The standard InChI is InChI=1S/C18H20O3P/c1-5-21-22(20)16-8-6-15(7-9-16)18(19)17-13(3)10-12(2)11-14(17)4/h6-11H,5H2,1-4H3/q+1. The number of carbonyl (C=O) groups excluding carboxylic acids is 1. The molecule has 0 saturated heterocycles. The second kappa shape index (κ2) is 6.95. The van der Waals surface area contributed by atoms with E-state index in [1.165, 1.54) is 0 Å². The smallest absolute Gasteiger partial charge is 0.289 e. The summed E-state index contributed by atoms with van der Waals surface area (Å²) in [5, 5.41) is 0.603. The average molecular weight is 315 g/mol. The normalized spacial score (nSPS) is 11.4. The first-order chi connectivity index (χ1) is 10.4. The molecule has 0 aliphatic heterocycles. The third kappa shape index (κ3) is 3.49. The van der Waals surface area contributed by atoms with Crippen molar-refractivity contribution in [3.63, 3.8) is 0 Å². The van der Waals surface area contributed by atoms with Gasteiger partial charge in [-0.15, -0.1) is 4.52 Å². The summed E-state index contributed by atoms with van der Waals surface area (Å²) in [6.45, 7) is 8.13. The molecule has 1 unspecified atom stereocenters. The zero-order valence-electron chi connectivity index (χ0n) is 13.3. The Morgan fingerprint density at radius 3 is 2.09 bits per heavy atom. The Kier molecular flexibility index (Phi) is 5.23. The third-order valence-corrected chi connectivity index (χ3v) is 4.70. The second-order valence-corrected chi connectivity index (χ2v) is 6.61. The molecule has 0 aromatic heterocycles. The topological polar surface area (TPSA) is 43.4 Å². The van der Waals surface area contributed by atoms with Gasteiger partial charge in [-0.25, -0.2) is 0 Å². The molecule has 0 amide bonds. The SMILES string of the molecule is CCO[P+](=O)c1ccc(C(=O)c2c(C)cc(C)cc2C)cc1. The minimum atomic E-state index is -1.84. The van der Waals surface area contributed by atoms with E-state index in [1.807, 2.05) is 32.9 Å². The van der Waals surface area contributed by atoms with Gasteiger partial charge in [0, 0.05) is 11.1 Å². The molecule has 2 aromatic carbocycles. The molecule has 0 saturated carbocycles. The molecule has 0 spiro atoms. The first-order valence-corrected chi connectivity index (χ1v) is 8.44. The van der Waals surface area contributed by atoms with Crippen LogP contribution in [0.3, 0.4) is 0 Å². The molecule has 2 rings (SSSR count). The van der Waals surface area contributed by atoms with Crippen molar-refractivity contribution in [1.82, 2.24) is 0 Å². The van der Waals surface area contributed by atoms with Crippen LogP contribution in [0.1, 0.15) is 39.5 Å². The quantitative estimate of drug-likeness (QED) is 0.612. The van der Waals surface area contributed by atoms with Crippen LogP contribution in [0.15, 0.2) is 36.4 Å². The van der Waals surface area contributed by atoms with E-state index in [4.69, 9.17) is 4.52 Å². The Bertz CT molecular complexity index is 695. The van der Waals surface area contributed by atoms with Gasteiger partial charge in [-0.05, 0) is 67.7 Å². The maximum absolute atomic E-state index is 12.7. The molecule has 1 atom stereocenters. The van der Waals surface area contributed by atoms with Crippen molar-refractivity contribution in [2.45, 2.75) is 27.7 Å². The summed E-state index contributed by atoms with van der Waals surface area (Å²) < 4.78 is 16.9. The van der Waals surface area contributed by atoms with Crippen LogP contribution in [0.4, 0.5) is 0 Å². The van der Waals surface area contributed by atoms with Gasteiger partial charge in [0.1, 0.15) is 6.61 Å². The van der Waals surface area contributed by atoms with Gasteiger partial charge in [0.2, 0.25) is 5.30 Å². The van der Waals surface area contributed by atoms with E-state index < -0.39 is 8.03 Å². The van der Waals surface area contributed by atoms with Crippen LogP contribution in [0.2, 0.25) is 0 Å². The Labute approximate surface area is 132 Å². The van der Waals surface area contributed by atoms with Gasteiger partial charge in [0.25, 0.3) is 0 Å². The minimum absolute atomic E-state index is 0.00631. The van der Waals surface area contributed by atoms with Crippen LogP contribution in [0, 0.1) is 20.8 Å². The highest BCUT2D eigenvalue weighted by molar-refractivity contribution is 7.48. The Balaban J connectivity index is 2.33. The Hall–Kier alpha value is -1.83. The maximum atomic E-state index is 12.7. The Morgan fingerprint density at radius 1 is 1.05 bits per heavy atom. The van der Waals surface area contributed by atoms with Crippen LogP contribution >= 0.6 is 8.03 Å². The van der Waals surface area contributed by atoms with Crippen LogP contribution in [-0.2, 0) is 9.09 Å². The fourth-order valence-electron chi connectivity index (χ4n) is 2.61. The predicted molar refractivity (Wildman–Crippen MR) is 89.4 cm³/mol. The number of hydrogen-bond acceptors (Lipinski definition) is 3. The molecule has 2 aromatic rings. The van der Waals surface area contributed by atoms with Crippen molar-refractivity contribution < 1.29 is 13.9 Å². The lowest BCUT2D eigenvalue weighted by Crippen LogP contribution is -2.08. The first-order valence-electron chi connectivity index (χ1n) is 7.26. The Morgan fingerprint density at radius 2 is 1.59 bits per heavy atom. The minimum Gasteiger partial charge on any atom is -0.289 e. The van der Waals surface area contributed by atoms with Crippen molar-refractivity contribution in [3.8, 4) is 0 Å². The highest BCUT2D eigenvalue weighted by Crippen LogP contribution is 2.23. The summed E-state index contributed by atoms with van der Waals surface area (Å²) in [6, 6.07) is 10.8. The zero-order chi connectivity index (χ0) is 16.3. The molecule has 0 heterocycles. The fourth-order valence-corrected chi connectivity index (χ4v) is 3.38. The van der Waals surface area contributed by atoms with Gasteiger partial charge >= 0.3 is 8.03 Å². The van der Waals surface area contributed by atoms with Crippen LogP contribution in [0.25, 0.3) is 0 Å². The van der Waals surface area contributed by atoms with E-state index in [0.29, 0.717) is 17.5 Å². The van der Waals surface area contributed by atoms with Gasteiger partial charge < -0.3 is 0 Å². The van der Waals surface area contributed by atoms with E-state index in [9.17, 15) is 9.36 Å². The number of hydrogen-bond donors (Lipinski definition) is 0. The molecule has 4 heteroatoms. The summed E-state index contributed by atoms with van der Waals surface area (Å²) in [5.74, 6) is -0.00631. The number of rotatable bonds is 5. The van der Waals surface area contributed by atoms with E-state index in [-0.39, 0.29) is 5.78 Å². The molecular weight excluding hydrogens is 295 g/mol. The van der Waals surface area contributed by atoms with E-state index >= 15 is 0 Å². The first kappa shape index (κ1) is 16.5. The lowest BCUT2D eigenvalue weighted by Gasteiger charge is -2.10. The van der Waals surface area contributed by atoms with Gasteiger partial charge in [0.15, 0.2) is 5.78 Å². The average Bonchev–Trinajstić information content (AvgIpc) is 2.46. The van der Waals surface area contributed by atoms with E-state index in [1.54, 1.807) is 31.2 Å². The second-order valence-electron chi connectivity index (χ2n) is 5.32. The van der Waals surface area contributed by atoms with Gasteiger partial charge in [-0.1, -0.05) is 17.7 Å². The summed E-state index contributed by atoms with van der Waals surface area (Å²) in [5.41, 5.74) is 4.45. The molecule has 0 aliphatic carbocycles. The van der Waals surface area contributed by atoms with Gasteiger partial charge in [0.05, 0.1) is 0 Å². The summed E-state index contributed by atoms with van der Waals surface area (Å²) in [7, 11) is -1.84. The summed E-state index contributed by atoms with van der Waals surface area (Å²) in [6.07, 6.45) is 0. The molecule has 0 bridgehead atoms.